The van der Waals surface area contributed by atoms with E-state index in [-0.39, 0.29) is 21.7 Å². The monoisotopic (exact) mass is 240 g/mol. The molecule has 1 aromatic carbocycles. The maximum atomic E-state index is 13.2. The van der Waals surface area contributed by atoms with E-state index in [9.17, 15) is 8.78 Å². The van der Waals surface area contributed by atoms with E-state index in [1.807, 2.05) is 18.2 Å². The fraction of sp³-hybridized carbons (Fsp3) is 0.0909. The maximum Gasteiger partial charge on any atom is 0.0365 e. The average molecular weight is 240 g/mol. The first kappa shape index (κ1) is 12.1. The number of benzene rings is 1. The second kappa shape index (κ2) is 5.24. The Hall–Kier alpha value is -0.926. The van der Waals surface area contributed by atoms with E-state index < -0.39 is 11.6 Å². The van der Waals surface area contributed by atoms with Gasteiger partial charge in [0, 0.05) is 39.9 Å². The third-order valence-electron chi connectivity index (χ3n) is 1.97. The van der Waals surface area contributed by atoms with Crippen LogP contribution in [0.4, 0.5) is 14.5 Å². The first-order valence-corrected chi connectivity index (χ1v) is 4.24. The van der Waals surface area contributed by atoms with Crippen molar-refractivity contribution in [2.75, 3.05) is 11.4 Å². The first-order chi connectivity index (χ1) is 6.77. The third-order valence-corrected chi connectivity index (χ3v) is 1.97. The summed E-state index contributed by atoms with van der Waals surface area (Å²) in [6.07, 6.45) is 7.31. The van der Waals surface area contributed by atoms with Crippen molar-refractivity contribution in [3.05, 3.63) is 54.3 Å². The molecule has 0 fully saturated rings. The molecule has 0 N–H and O–H groups in total. The Bertz CT molecular complexity index is 402. The largest absolute Gasteiger partial charge is 0.395 e. The van der Waals surface area contributed by atoms with E-state index in [0.717, 1.165) is 0 Å². The summed E-state index contributed by atoms with van der Waals surface area (Å²) in [6, 6.07) is 4.61. The zero-order valence-electron chi connectivity index (χ0n) is 7.87. The Morgan fingerprint density at radius 3 is 2.60 bits per heavy atom. The molecule has 2 rings (SSSR count). The van der Waals surface area contributed by atoms with Crippen LogP contribution in [-0.4, -0.2) is 6.54 Å². The van der Waals surface area contributed by atoms with Gasteiger partial charge in [0.05, 0.1) is 0 Å². The van der Waals surface area contributed by atoms with Crippen LogP contribution in [0.1, 0.15) is 0 Å². The van der Waals surface area contributed by atoms with Crippen LogP contribution in [-0.2, 0) is 21.7 Å². The van der Waals surface area contributed by atoms with Gasteiger partial charge in [-0.25, -0.2) is 8.78 Å². The minimum atomic E-state index is -0.678. The Labute approximate surface area is 102 Å². The van der Waals surface area contributed by atoms with Crippen molar-refractivity contribution in [3.63, 3.8) is 0 Å². The van der Waals surface area contributed by atoms with Crippen LogP contribution in [0.25, 0.3) is 0 Å². The number of halogens is 2. The summed E-state index contributed by atoms with van der Waals surface area (Å²) >= 11 is 0. The molecule has 4 heteroatoms. The smallest absolute Gasteiger partial charge is 0.0365 e. The number of allylic oxidation sites excluding steroid dienone is 2. The summed E-state index contributed by atoms with van der Waals surface area (Å²) in [6.45, 7) is 0.590. The SMILES string of the molecule is Fc1[c-]c(F)c(N2C=CC=CC2)cc1.[Ti]. The van der Waals surface area contributed by atoms with Gasteiger partial charge in [-0.05, 0) is 18.0 Å². The number of hydrogen-bond acceptors (Lipinski definition) is 1. The fourth-order valence-corrected chi connectivity index (χ4v) is 1.30. The molecule has 15 heavy (non-hydrogen) atoms. The second-order valence-electron chi connectivity index (χ2n) is 2.93. The van der Waals surface area contributed by atoms with Gasteiger partial charge in [-0.1, -0.05) is 12.2 Å². The van der Waals surface area contributed by atoms with Gasteiger partial charge >= 0.3 is 0 Å². The van der Waals surface area contributed by atoms with Crippen molar-refractivity contribution >= 4 is 5.69 Å². The topological polar surface area (TPSA) is 3.24 Å². The van der Waals surface area contributed by atoms with E-state index in [4.69, 9.17) is 0 Å². The second-order valence-corrected chi connectivity index (χ2v) is 2.93. The molecule has 1 aromatic rings. The molecule has 0 spiro atoms. The fourth-order valence-electron chi connectivity index (χ4n) is 1.30. The van der Waals surface area contributed by atoms with Crippen molar-refractivity contribution in [2.24, 2.45) is 0 Å². The van der Waals surface area contributed by atoms with Gasteiger partial charge < -0.3 is 4.90 Å². The van der Waals surface area contributed by atoms with Gasteiger partial charge in [-0.15, -0.1) is 18.2 Å². The van der Waals surface area contributed by atoms with Gasteiger partial charge in [-0.2, -0.15) is 0 Å². The van der Waals surface area contributed by atoms with E-state index in [2.05, 4.69) is 0 Å². The van der Waals surface area contributed by atoms with Gasteiger partial charge in [-0.3, -0.25) is 0 Å². The van der Waals surface area contributed by atoms with Crippen molar-refractivity contribution < 1.29 is 30.5 Å². The Kier molecular flexibility index (Phi) is 4.24. The Balaban J connectivity index is 0.00000112. The minimum absolute atomic E-state index is 0. The van der Waals surface area contributed by atoms with Gasteiger partial charge in [0.25, 0.3) is 0 Å². The molecule has 1 heterocycles. The molecule has 76 valence electrons. The zero-order chi connectivity index (χ0) is 9.97. The van der Waals surface area contributed by atoms with Crippen LogP contribution in [0.5, 0.6) is 0 Å². The summed E-state index contributed by atoms with van der Waals surface area (Å²) in [7, 11) is 0. The molecule has 0 aromatic heterocycles. The summed E-state index contributed by atoms with van der Waals surface area (Å²) in [5, 5.41) is 0. The van der Waals surface area contributed by atoms with E-state index in [1.54, 1.807) is 17.2 Å². The third kappa shape index (κ3) is 2.77. The number of rotatable bonds is 1. The van der Waals surface area contributed by atoms with Crippen molar-refractivity contribution in [1.82, 2.24) is 0 Å². The predicted octanol–water partition coefficient (Wildman–Crippen LogP) is 2.65. The van der Waals surface area contributed by atoms with Crippen LogP contribution >= 0.6 is 0 Å². The maximum absolute atomic E-state index is 13.2. The molecule has 0 atom stereocenters. The zero-order valence-corrected chi connectivity index (χ0v) is 9.44. The normalized spacial score (nSPS) is 13.9. The molecule has 1 nitrogen and oxygen atoms in total. The van der Waals surface area contributed by atoms with Gasteiger partial charge in [0.15, 0.2) is 0 Å². The summed E-state index contributed by atoms with van der Waals surface area (Å²) in [4.78, 5) is 1.69. The molecular weight excluding hydrogens is 232 g/mol. The first-order valence-electron chi connectivity index (χ1n) is 4.24. The van der Waals surface area contributed by atoms with Crippen LogP contribution in [0.2, 0.25) is 0 Å². The Morgan fingerprint density at radius 1 is 1.20 bits per heavy atom. The van der Waals surface area contributed by atoms with E-state index in [1.165, 1.54) is 12.1 Å². The van der Waals surface area contributed by atoms with E-state index >= 15 is 0 Å². The molecule has 0 unspecified atom stereocenters. The average Bonchev–Trinajstić information content (AvgIpc) is 2.19. The van der Waals surface area contributed by atoms with Crippen molar-refractivity contribution in [2.45, 2.75) is 0 Å². The standard InChI is InChI=1S/C11H8F2N.Ti/c12-9-4-5-11(10(13)8-9)14-6-2-1-3-7-14;/h1-6H,7H2;/q-1;. The molecule has 0 aliphatic carbocycles. The molecule has 0 radical (unpaired) electrons. The summed E-state index contributed by atoms with van der Waals surface area (Å²) in [5.41, 5.74) is 0.340. The molecule has 0 saturated carbocycles. The summed E-state index contributed by atoms with van der Waals surface area (Å²) < 4.78 is 25.8. The van der Waals surface area contributed by atoms with Crippen molar-refractivity contribution in [1.29, 1.82) is 0 Å². The molecule has 0 amide bonds. The van der Waals surface area contributed by atoms with Crippen LogP contribution in [0.3, 0.4) is 0 Å². The quantitative estimate of drug-likeness (QED) is 0.538. The Morgan fingerprint density at radius 2 is 2.00 bits per heavy atom. The predicted molar refractivity (Wildman–Crippen MR) is 50.8 cm³/mol. The number of nitrogens with zero attached hydrogens (tertiary/aromatic N) is 1. The van der Waals surface area contributed by atoms with Gasteiger partial charge in [0.2, 0.25) is 0 Å². The number of hydrogen-bond donors (Lipinski definition) is 0. The van der Waals surface area contributed by atoms with Crippen LogP contribution < -0.4 is 4.90 Å². The van der Waals surface area contributed by atoms with Crippen LogP contribution in [0.15, 0.2) is 36.6 Å². The van der Waals surface area contributed by atoms with Crippen molar-refractivity contribution in [3.8, 4) is 0 Å². The number of anilines is 1. The van der Waals surface area contributed by atoms with E-state index in [0.29, 0.717) is 12.2 Å². The molecular formula is C11H8F2NTi-. The molecule has 1 aliphatic heterocycles. The summed E-state index contributed by atoms with van der Waals surface area (Å²) in [5.74, 6) is -1.34. The van der Waals surface area contributed by atoms with Crippen LogP contribution in [0, 0.1) is 17.7 Å². The minimum Gasteiger partial charge on any atom is -0.395 e. The molecule has 0 saturated heterocycles. The molecule has 1 aliphatic rings. The molecule has 0 bridgehead atoms. The van der Waals surface area contributed by atoms with Gasteiger partial charge in [0.1, 0.15) is 0 Å².